The molecule has 0 aliphatic rings. The monoisotopic (exact) mass is 922 g/mol. The van der Waals surface area contributed by atoms with E-state index in [0.29, 0.717) is 0 Å². The molecule has 0 atom stereocenters. The van der Waals surface area contributed by atoms with Crippen molar-refractivity contribution in [3.05, 3.63) is 108 Å². The molecule has 1 N–H and O–H groups in total. The number of fused-ring (bicyclic) bond motifs is 2. The van der Waals surface area contributed by atoms with Crippen LogP contribution in [-0.2, 0) is 30.3 Å². The van der Waals surface area contributed by atoms with E-state index in [1.807, 2.05) is 52.9 Å². The van der Waals surface area contributed by atoms with Gasteiger partial charge in [0.1, 0.15) is 12.1 Å². The second-order valence-electron chi connectivity index (χ2n) is 15.3. The Bertz CT molecular complexity index is 2200. The van der Waals surface area contributed by atoms with Crippen molar-refractivity contribution >= 4 is 49.4 Å². The number of allylic oxidation sites excluding steroid dienone is 2. The van der Waals surface area contributed by atoms with E-state index in [2.05, 4.69) is 107 Å². The standard InChI is InChI=1S/C31H25N2S2.C15H28O2.Ir/c1-19-27-30(35-29(19)26-15-14-25(34-26)20-10-6-5-7-11-20)28(33-18-32-27)22-16-21-12-8-9-13-23(21)24(17-22)31(2,3)4;1-7-14(5,8-2)12(16)11-13(17)15(6,9-3)10-4;/h5-15,17-18H,1-4H3;11,16H,7-10H2,1-6H3;/q-1;;/b;12-11-;. The number of thiophene rings is 2. The van der Waals surface area contributed by atoms with E-state index in [9.17, 15) is 9.90 Å². The number of nitrogens with zero attached hydrogens (tertiary/aromatic N) is 2. The topological polar surface area (TPSA) is 63.1 Å². The number of hydrogen-bond donors (Lipinski definition) is 1. The molecule has 4 nitrogen and oxygen atoms in total. The molecule has 0 saturated heterocycles. The molecule has 0 amide bonds. The van der Waals surface area contributed by atoms with Gasteiger partial charge in [0.15, 0.2) is 5.78 Å². The average Bonchev–Trinajstić information content (AvgIpc) is 3.78. The number of ketones is 1. The van der Waals surface area contributed by atoms with Crippen molar-refractivity contribution in [3.8, 4) is 31.5 Å². The molecule has 0 unspecified atom stereocenters. The summed E-state index contributed by atoms with van der Waals surface area (Å²) in [6.45, 7) is 21.1. The van der Waals surface area contributed by atoms with Crippen LogP contribution in [0.4, 0.5) is 0 Å². The fourth-order valence-electron chi connectivity index (χ4n) is 6.33. The van der Waals surface area contributed by atoms with E-state index in [1.165, 1.54) is 42.8 Å². The quantitative estimate of drug-likeness (QED) is 0.0845. The Kier molecular flexibility index (Phi) is 13.8. The van der Waals surface area contributed by atoms with Crippen molar-refractivity contribution < 1.29 is 30.0 Å². The third-order valence-corrected chi connectivity index (χ3v) is 13.6. The van der Waals surface area contributed by atoms with Crippen LogP contribution in [0.2, 0.25) is 0 Å². The third-order valence-electron chi connectivity index (χ3n) is 11.0. The van der Waals surface area contributed by atoms with E-state index in [4.69, 9.17) is 9.97 Å². The smallest absolute Gasteiger partial charge is 0.164 e. The Hall–Kier alpha value is -3.48. The van der Waals surface area contributed by atoms with Gasteiger partial charge < -0.3 is 5.11 Å². The van der Waals surface area contributed by atoms with Gasteiger partial charge in [-0.3, -0.25) is 9.78 Å². The van der Waals surface area contributed by atoms with Gasteiger partial charge in [-0.2, -0.15) is 0 Å². The Morgan fingerprint density at radius 1 is 0.792 bits per heavy atom. The molecule has 3 aromatic carbocycles. The largest absolute Gasteiger partial charge is 0.512 e. The van der Waals surface area contributed by atoms with Crippen LogP contribution in [-0.4, -0.2) is 20.9 Å². The second-order valence-corrected chi connectivity index (χ2v) is 17.4. The van der Waals surface area contributed by atoms with Crippen LogP contribution in [0, 0.1) is 23.8 Å². The number of aliphatic hydroxyl groups excluding tert-OH is 1. The molecule has 3 aromatic heterocycles. The molecule has 0 saturated carbocycles. The molecule has 6 aromatic rings. The number of hydrogen-bond acceptors (Lipinski definition) is 6. The first-order valence-corrected chi connectivity index (χ1v) is 20.1. The van der Waals surface area contributed by atoms with E-state index in [1.54, 1.807) is 17.7 Å². The van der Waals surface area contributed by atoms with E-state index < -0.39 is 0 Å². The molecule has 0 fully saturated rings. The predicted molar refractivity (Wildman–Crippen MR) is 224 cm³/mol. The Balaban J connectivity index is 0.000000299. The van der Waals surface area contributed by atoms with Crippen LogP contribution in [0.5, 0.6) is 0 Å². The maximum atomic E-state index is 12.2. The van der Waals surface area contributed by atoms with Gasteiger partial charge in [-0.1, -0.05) is 122 Å². The van der Waals surface area contributed by atoms with E-state index >= 15 is 0 Å². The van der Waals surface area contributed by atoms with Gasteiger partial charge in [-0.15, -0.1) is 51.8 Å². The molecule has 53 heavy (non-hydrogen) atoms. The summed E-state index contributed by atoms with van der Waals surface area (Å²) in [5.41, 5.74) is 6.22. The minimum Gasteiger partial charge on any atom is -0.512 e. The van der Waals surface area contributed by atoms with Gasteiger partial charge in [0, 0.05) is 62.0 Å². The molecule has 281 valence electrons. The average molecular weight is 922 g/mol. The molecule has 1 radical (unpaired) electrons. The van der Waals surface area contributed by atoms with Gasteiger partial charge in [-0.05, 0) is 61.3 Å². The summed E-state index contributed by atoms with van der Waals surface area (Å²) < 4.78 is 1.13. The number of carbonyl (C=O) groups is 1. The molecule has 7 heteroatoms. The van der Waals surface area contributed by atoms with E-state index in [0.717, 1.165) is 52.5 Å². The summed E-state index contributed by atoms with van der Waals surface area (Å²) >= 11 is 3.62. The molecular formula is C46H53IrN2O2S2-. The predicted octanol–water partition coefficient (Wildman–Crippen LogP) is 14.0. The summed E-state index contributed by atoms with van der Waals surface area (Å²) in [6.07, 6.45) is 6.45. The number of rotatable bonds is 10. The zero-order valence-corrected chi connectivity index (χ0v) is 36.8. The van der Waals surface area contributed by atoms with Crippen LogP contribution in [0.3, 0.4) is 0 Å². The first-order valence-electron chi connectivity index (χ1n) is 18.5. The van der Waals surface area contributed by atoms with Crippen LogP contribution >= 0.6 is 22.7 Å². The Morgan fingerprint density at radius 2 is 1.40 bits per heavy atom. The minimum absolute atomic E-state index is 0. The zero-order chi connectivity index (χ0) is 37.8. The first kappa shape index (κ1) is 42.3. The molecule has 0 aliphatic heterocycles. The first-order chi connectivity index (χ1) is 24.7. The van der Waals surface area contributed by atoms with Crippen LogP contribution in [0.15, 0.2) is 91.0 Å². The Labute approximate surface area is 338 Å². The van der Waals surface area contributed by atoms with Gasteiger partial charge >= 0.3 is 0 Å². The van der Waals surface area contributed by atoms with Gasteiger partial charge in [0.2, 0.25) is 0 Å². The summed E-state index contributed by atoms with van der Waals surface area (Å²) in [6, 6.07) is 29.5. The molecule has 0 aliphatic carbocycles. The van der Waals surface area contributed by atoms with Crippen LogP contribution in [0.25, 0.3) is 52.4 Å². The summed E-state index contributed by atoms with van der Waals surface area (Å²) in [4.78, 5) is 25.5. The van der Waals surface area contributed by atoms with Crippen molar-refractivity contribution in [2.45, 2.75) is 100 Å². The van der Waals surface area contributed by atoms with Crippen LogP contribution < -0.4 is 0 Å². The molecular weight excluding hydrogens is 869 g/mol. The Morgan fingerprint density at radius 3 is 2.02 bits per heavy atom. The second kappa shape index (κ2) is 17.3. The summed E-state index contributed by atoms with van der Waals surface area (Å²) in [7, 11) is 0. The van der Waals surface area contributed by atoms with Crippen LogP contribution in [0.1, 0.15) is 99.1 Å². The number of carbonyl (C=O) groups excluding carboxylic acids is 1. The fraction of sp³-hybridized carbons (Fsp3) is 0.370. The van der Waals surface area contributed by atoms with Crippen molar-refractivity contribution in [1.82, 2.24) is 9.97 Å². The normalized spacial score (nSPS) is 12.4. The summed E-state index contributed by atoms with van der Waals surface area (Å²) in [5, 5.41) is 12.5. The number of aliphatic hydroxyl groups is 1. The number of benzene rings is 3. The van der Waals surface area contributed by atoms with Gasteiger partial charge in [0.05, 0.1) is 5.52 Å². The number of aromatic nitrogens is 2. The van der Waals surface area contributed by atoms with Gasteiger partial charge in [0.25, 0.3) is 0 Å². The molecule has 0 bridgehead atoms. The molecule has 3 heterocycles. The van der Waals surface area contributed by atoms with Crippen molar-refractivity contribution in [1.29, 1.82) is 0 Å². The maximum Gasteiger partial charge on any atom is 0.164 e. The van der Waals surface area contributed by atoms with Crippen molar-refractivity contribution in [2.24, 2.45) is 10.8 Å². The third kappa shape index (κ3) is 8.92. The van der Waals surface area contributed by atoms with Gasteiger partial charge in [-0.25, -0.2) is 4.98 Å². The van der Waals surface area contributed by atoms with Crippen molar-refractivity contribution in [3.63, 3.8) is 0 Å². The summed E-state index contributed by atoms with van der Waals surface area (Å²) in [5.74, 6) is 0.286. The molecule has 0 spiro atoms. The van der Waals surface area contributed by atoms with E-state index in [-0.39, 0.29) is 47.9 Å². The SMILES string of the molecule is CCC(C)(CC)C(=O)/C=C(\O)C(C)(CC)CC.Cc1c(-c2ccc(-c3ccccc3)s2)sc2c(-c3[c-]c4ccccc4c(C(C)(C)C)c3)ncnc12.[Ir]. The van der Waals surface area contributed by atoms with Crippen molar-refractivity contribution in [2.75, 3.05) is 0 Å². The number of aryl methyl sites for hydroxylation is 1. The zero-order valence-electron chi connectivity index (χ0n) is 32.8. The maximum absolute atomic E-state index is 12.2. The fourth-order valence-corrected chi connectivity index (χ4v) is 8.77. The molecule has 6 rings (SSSR count). The minimum atomic E-state index is -0.337.